The van der Waals surface area contributed by atoms with Gasteiger partial charge in [-0.05, 0) is 30.2 Å². The monoisotopic (exact) mass is 289 g/mol. The minimum Gasteiger partial charge on any atom is -0.385 e. The molecule has 0 aliphatic heterocycles. The molecule has 0 aromatic heterocycles. The Morgan fingerprint density at radius 1 is 1.11 bits per heavy atom. The van der Waals surface area contributed by atoms with E-state index in [1.165, 1.54) is 12.1 Å². The maximum Gasteiger partial charge on any atom is 0.125 e. The van der Waals surface area contributed by atoms with Crippen LogP contribution in [0.3, 0.4) is 0 Å². The lowest BCUT2D eigenvalue weighted by molar-refractivity contribution is 0.191. The fraction of sp³-hybridized carbons (Fsp3) is 0.571. The third-order valence-corrected chi connectivity index (χ3v) is 3.11. The normalized spacial score (nSPS) is 10.7. The summed E-state index contributed by atoms with van der Waals surface area (Å²) in [5.74, 6) is 0.0447. The summed E-state index contributed by atoms with van der Waals surface area (Å²) in [6.45, 7) is 2.79. The Kier molecular flexibility index (Phi) is 7.79. The van der Waals surface area contributed by atoms with Crippen LogP contribution >= 0.6 is 11.6 Å². The highest BCUT2D eigenvalue weighted by Gasteiger charge is 2.09. The molecule has 0 radical (unpaired) electrons. The van der Waals surface area contributed by atoms with Crippen LogP contribution in [0.15, 0.2) is 18.2 Å². The van der Waals surface area contributed by atoms with E-state index >= 15 is 0 Å². The Morgan fingerprint density at radius 3 is 2.47 bits per heavy atom. The number of rotatable bonds is 9. The van der Waals surface area contributed by atoms with Crippen LogP contribution in [0.4, 0.5) is 10.1 Å². The lowest BCUT2D eigenvalue weighted by Gasteiger charge is -2.25. The Balaban J connectivity index is 2.79. The first-order valence-corrected chi connectivity index (χ1v) is 6.83. The van der Waals surface area contributed by atoms with Gasteiger partial charge in [-0.3, -0.25) is 0 Å². The van der Waals surface area contributed by atoms with E-state index in [2.05, 4.69) is 4.90 Å². The summed E-state index contributed by atoms with van der Waals surface area (Å²) >= 11 is 5.78. The summed E-state index contributed by atoms with van der Waals surface area (Å²) in [6.07, 6.45) is 0.882. The molecule has 1 aromatic rings. The van der Waals surface area contributed by atoms with Crippen molar-refractivity contribution >= 4 is 17.3 Å². The molecule has 0 bridgehead atoms. The molecular weight excluding hydrogens is 269 g/mol. The largest absolute Gasteiger partial charge is 0.385 e. The average Bonchev–Trinajstić information content (AvgIpc) is 2.42. The Morgan fingerprint density at radius 2 is 1.84 bits per heavy atom. The molecule has 0 fully saturated rings. The number of anilines is 1. The Hall–Kier alpha value is -0.840. The fourth-order valence-electron chi connectivity index (χ4n) is 1.86. The number of halogens is 2. The molecule has 0 atom stereocenters. The van der Waals surface area contributed by atoms with E-state index in [4.69, 9.17) is 21.1 Å². The molecule has 0 amide bonds. The van der Waals surface area contributed by atoms with Crippen LogP contribution in [-0.2, 0) is 15.4 Å². The zero-order valence-electron chi connectivity index (χ0n) is 11.5. The van der Waals surface area contributed by atoms with Crippen molar-refractivity contribution in [3.63, 3.8) is 0 Å². The SMILES string of the molecule is COCCCN(CCOC)c1cc(F)cc(CCl)c1. The number of alkyl halides is 1. The highest BCUT2D eigenvalue weighted by atomic mass is 35.5. The first-order chi connectivity index (χ1) is 9.21. The molecule has 0 unspecified atom stereocenters. The zero-order valence-corrected chi connectivity index (χ0v) is 12.3. The van der Waals surface area contributed by atoms with Crippen molar-refractivity contribution < 1.29 is 13.9 Å². The first kappa shape index (κ1) is 16.2. The second kappa shape index (κ2) is 9.13. The maximum atomic E-state index is 13.5. The van der Waals surface area contributed by atoms with E-state index in [1.54, 1.807) is 14.2 Å². The van der Waals surface area contributed by atoms with Crippen LogP contribution in [0, 0.1) is 5.82 Å². The molecule has 0 spiro atoms. The minimum atomic E-state index is -0.262. The molecule has 0 saturated heterocycles. The van der Waals surface area contributed by atoms with Crippen molar-refractivity contribution in [2.45, 2.75) is 12.3 Å². The topological polar surface area (TPSA) is 21.7 Å². The number of methoxy groups -OCH3 is 2. The second-order valence-corrected chi connectivity index (χ2v) is 4.54. The van der Waals surface area contributed by atoms with Gasteiger partial charge in [0.25, 0.3) is 0 Å². The third kappa shape index (κ3) is 5.76. The van der Waals surface area contributed by atoms with Gasteiger partial charge in [0, 0.05) is 45.5 Å². The van der Waals surface area contributed by atoms with Crippen LogP contribution in [-0.4, -0.2) is 40.5 Å². The summed E-state index contributed by atoms with van der Waals surface area (Å²) in [5.41, 5.74) is 1.62. The van der Waals surface area contributed by atoms with Crippen LogP contribution in [0.25, 0.3) is 0 Å². The number of benzene rings is 1. The van der Waals surface area contributed by atoms with Crippen molar-refractivity contribution in [1.29, 1.82) is 0 Å². The summed E-state index contributed by atoms with van der Waals surface area (Å²) < 4.78 is 23.7. The van der Waals surface area contributed by atoms with E-state index in [0.717, 1.165) is 24.2 Å². The smallest absolute Gasteiger partial charge is 0.125 e. The van der Waals surface area contributed by atoms with Gasteiger partial charge in [-0.1, -0.05) is 0 Å². The minimum absolute atomic E-state index is 0.262. The second-order valence-electron chi connectivity index (χ2n) is 4.28. The van der Waals surface area contributed by atoms with Gasteiger partial charge in [0.1, 0.15) is 5.82 Å². The summed E-state index contributed by atoms with van der Waals surface area (Å²) in [5, 5.41) is 0. The molecule has 1 aromatic carbocycles. The number of ether oxygens (including phenoxy) is 2. The summed E-state index contributed by atoms with van der Waals surface area (Å²) in [4.78, 5) is 2.08. The molecule has 5 heteroatoms. The molecular formula is C14H21ClFNO2. The van der Waals surface area contributed by atoms with Gasteiger partial charge in [-0.15, -0.1) is 11.6 Å². The third-order valence-electron chi connectivity index (χ3n) is 2.80. The van der Waals surface area contributed by atoms with Crippen molar-refractivity contribution in [2.75, 3.05) is 45.4 Å². The first-order valence-electron chi connectivity index (χ1n) is 6.29. The predicted octanol–water partition coefficient (Wildman–Crippen LogP) is 3.05. The lowest BCUT2D eigenvalue weighted by Crippen LogP contribution is -2.29. The molecule has 0 N–H and O–H groups in total. The molecule has 108 valence electrons. The van der Waals surface area contributed by atoms with Gasteiger partial charge in [-0.2, -0.15) is 0 Å². The molecule has 0 saturated carbocycles. The van der Waals surface area contributed by atoms with Crippen LogP contribution < -0.4 is 4.90 Å². The van der Waals surface area contributed by atoms with Crippen molar-refractivity contribution in [3.8, 4) is 0 Å². The summed E-state index contributed by atoms with van der Waals surface area (Å²) in [6, 6.07) is 4.90. The van der Waals surface area contributed by atoms with E-state index in [9.17, 15) is 4.39 Å². The van der Waals surface area contributed by atoms with Gasteiger partial charge >= 0.3 is 0 Å². The molecule has 1 rings (SSSR count). The number of hydrogen-bond donors (Lipinski definition) is 0. The standard InChI is InChI=1S/C14H21ClFNO2/c1-18-6-3-4-17(5-7-19-2)14-9-12(11-15)8-13(16)10-14/h8-10H,3-7,11H2,1-2H3. The average molecular weight is 290 g/mol. The van der Waals surface area contributed by atoms with Crippen LogP contribution in [0.5, 0.6) is 0 Å². The van der Waals surface area contributed by atoms with E-state index in [-0.39, 0.29) is 5.82 Å². The molecule has 0 aliphatic carbocycles. The van der Waals surface area contributed by atoms with Crippen molar-refractivity contribution in [3.05, 3.63) is 29.6 Å². The summed E-state index contributed by atoms with van der Waals surface area (Å²) in [7, 11) is 3.33. The van der Waals surface area contributed by atoms with Crippen LogP contribution in [0.2, 0.25) is 0 Å². The number of nitrogens with zero attached hydrogens (tertiary/aromatic N) is 1. The molecule has 19 heavy (non-hydrogen) atoms. The van der Waals surface area contributed by atoms with Crippen molar-refractivity contribution in [2.24, 2.45) is 0 Å². The predicted molar refractivity (Wildman–Crippen MR) is 76.5 cm³/mol. The molecule has 3 nitrogen and oxygen atoms in total. The van der Waals surface area contributed by atoms with Gasteiger partial charge in [0.05, 0.1) is 6.61 Å². The van der Waals surface area contributed by atoms with Gasteiger partial charge in [0.15, 0.2) is 0 Å². The van der Waals surface area contributed by atoms with E-state index in [0.29, 0.717) is 25.6 Å². The highest BCUT2D eigenvalue weighted by Crippen LogP contribution is 2.20. The number of hydrogen-bond acceptors (Lipinski definition) is 3. The highest BCUT2D eigenvalue weighted by molar-refractivity contribution is 6.17. The van der Waals surface area contributed by atoms with E-state index in [1.807, 2.05) is 6.07 Å². The van der Waals surface area contributed by atoms with E-state index < -0.39 is 0 Å². The lowest BCUT2D eigenvalue weighted by atomic mass is 10.2. The van der Waals surface area contributed by atoms with Crippen LogP contribution in [0.1, 0.15) is 12.0 Å². The van der Waals surface area contributed by atoms with Gasteiger partial charge in [0.2, 0.25) is 0 Å². The maximum absolute atomic E-state index is 13.5. The van der Waals surface area contributed by atoms with Crippen molar-refractivity contribution in [1.82, 2.24) is 0 Å². The van der Waals surface area contributed by atoms with Gasteiger partial charge in [-0.25, -0.2) is 4.39 Å². The zero-order chi connectivity index (χ0) is 14.1. The van der Waals surface area contributed by atoms with Gasteiger partial charge < -0.3 is 14.4 Å². The fourth-order valence-corrected chi connectivity index (χ4v) is 2.02. The Bertz CT molecular complexity index is 376. The quantitative estimate of drug-likeness (QED) is 0.515. The molecule has 0 heterocycles. The molecule has 0 aliphatic rings. The Labute approximate surface area is 119 Å².